The Kier molecular flexibility index (Phi) is 8.64. The number of anilines is 1. The number of hydrogen-bond acceptors (Lipinski definition) is 8. The first-order chi connectivity index (χ1) is 14.4. The van der Waals surface area contributed by atoms with Gasteiger partial charge in [-0.25, -0.2) is 9.59 Å². The van der Waals surface area contributed by atoms with Crippen LogP contribution in [-0.4, -0.2) is 38.5 Å². The van der Waals surface area contributed by atoms with Gasteiger partial charge in [-0.1, -0.05) is 30.3 Å². The number of carbonyl (C=O) groups excluding carboxylic acids is 3. The molecule has 2 aromatic carbocycles. The molecule has 0 radical (unpaired) electrons. The summed E-state index contributed by atoms with van der Waals surface area (Å²) in [6.45, 7) is -0.199. The highest BCUT2D eigenvalue weighted by molar-refractivity contribution is 5.95. The average molecular weight is 416 g/mol. The number of ether oxygens (including phenoxy) is 4. The molecule has 0 unspecified atom stereocenters. The van der Waals surface area contributed by atoms with E-state index >= 15 is 0 Å². The van der Waals surface area contributed by atoms with Crippen molar-refractivity contribution in [3.8, 4) is 0 Å². The molecule has 0 spiro atoms. The van der Waals surface area contributed by atoms with E-state index in [0.29, 0.717) is 23.2 Å². The molecule has 9 heteroatoms. The summed E-state index contributed by atoms with van der Waals surface area (Å²) in [5.74, 6) is -0.385. The molecular formula is C21H24N2O7. The Balaban J connectivity index is 2.11. The van der Waals surface area contributed by atoms with E-state index in [-0.39, 0.29) is 19.1 Å². The summed E-state index contributed by atoms with van der Waals surface area (Å²) >= 11 is 0. The van der Waals surface area contributed by atoms with Crippen LogP contribution in [0, 0.1) is 0 Å². The van der Waals surface area contributed by atoms with Crippen LogP contribution in [0.15, 0.2) is 48.5 Å². The summed E-state index contributed by atoms with van der Waals surface area (Å²) in [5, 5.41) is 2.74. The maximum absolute atomic E-state index is 12.5. The van der Waals surface area contributed by atoms with Crippen LogP contribution in [0.2, 0.25) is 0 Å². The molecule has 0 saturated heterocycles. The van der Waals surface area contributed by atoms with Gasteiger partial charge in [-0.05, 0) is 41.3 Å². The van der Waals surface area contributed by atoms with Gasteiger partial charge in [0.25, 0.3) is 0 Å². The molecule has 2 rings (SSSR count). The molecule has 30 heavy (non-hydrogen) atoms. The summed E-state index contributed by atoms with van der Waals surface area (Å²) in [6.07, 6.45) is -1.32. The number of nitrogens with one attached hydrogen (secondary N) is 1. The fourth-order valence-corrected chi connectivity index (χ4v) is 2.60. The van der Waals surface area contributed by atoms with E-state index in [9.17, 15) is 14.4 Å². The maximum atomic E-state index is 12.5. The standard InChI is InChI=1S/C21H24N2O7/c1-27-20(25)29-12-15-8-16(13-30-21(26)28-2)10-17(9-15)23-19(24)18(22)11-14-6-4-3-5-7-14/h3-10,18H,11-13,22H2,1-2H3,(H,23,24)/t18-/m0/s1. The summed E-state index contributed by atoms with van der Waals surface area (Å²) in [6, 6.07) is 13.5. The van der Waals surface area contributed by atoms with Crippen molar-refractivity contribution in [2.75, 3.05) is 19.5 Å². The summed E-state index contributed by atoms with van der Waals surface area (Å²) in [5.41, 5.74) is 8.48. The molecular weight excluding hydrogens is 392 g/mol. The third-order valence-electron chi connectivity index (χ3n) is 4.00. The molecule has 0 saturated carbocycles. The largest absolute Gasteiger partial charge is 0.508 e. The predicted octanol–water partition coefficient (Wildman–Crippen LogP) is 2.76. The van der Waals surface area contributed by atoms with Gasteiger partial charge < -0.3 is 30.0 Å². The third-order valence-corrected chi connectivity index (χ3v) is 4.00. The van der Waals surface area contributed by atoms with Gasteiger partial charge in [0.2, 0.25) is 5.91 Å². The van der Waals surface area contributed by atoms with Crippen LogP contribution < -0.4 is 11.1 Å². The fourth-order valence-electron chi connectivity index (χ4n) is 2.60. The third kappa shape index (κ3) is 7.44. The Bertz CT molecular complexity index is 833. The Morgan fingerprint density at radius 2 is 1.40 bits per heavy atom. The molecule has 0 heterocycles. The lowest BCUT2D eigenvalue weighted by Crippen LogP contribution is -2.37. The molecule has 1 atom stereocenters. The van der Waals surface area contributed by atoms with Crippen LogP contribution in [0.3, 0.4) is 0 Å². The fraction of sp³-hybridized carbons (Fsp3) is 0.286. The number of benzene rings is 2. The first-order valence-electron chi connectivity index (χ1n) is 9.06. The predicted molar refractivity (Wildman–Crippen MR) is 108 cm³/mol. The summed E-state index contributed by atoms with van der Waals surface area (Å²) < 4.78 is 18.8. The highest BCUT2D eigenvalue weighted by atomic mass is 16.7. The molecule has 3 N–H and O–H groups in total. The minimum absolute atomic E-state index is 0.0995. The van der Waals surface area contributed by atoms with Gasteiger partial charge in [-0.15, -0.1) is 0 Å². The monoisotopic (exact) mass is 416 g/mol. The van der Waals surface area contributed by atoms with Crippen molar-refractivity contribution in [1.29, 1.82) is 0 Å². The van der Waals surface area contributed by atoms with Gasteiger partial charge >= 0.3 is 12.3 Å². The lowest BCUT2D eigenvalue weighted by atomic mass is 10.1. The highest BCUT2D eigenvalue weighted by Crippen LogP contribution is 2.18. The van der Waals surface area contributed by atoms with Crippen LogP contribution in [0.5, 0.6) is 0 Å². The average Bonchev–Trinajstić information content (AvgIpc) is 2.76. The number of amides is 1. The van der Waals surface area contributed by atoms with Gasteiger partial charge in [0, 0.05) is 5.69 Å². The highest BCUT2D eigenvalue weighted by Gasteiger charge is 2.16. The Labute approximate surface area is 174 Å². The van der Waals surface area contributed by atoms with Crippen LogP contribution in [-0.2, 0) is 43.4 Å². The minimum atomic E-state index is -0.846. The van der Waals surface area contributed by atoms with Crippen molar-refractivity contribution < 1.29 is 33.3 Å². The number of nitrogens with two attached hydrogens (primary N) is 1. The lowest BCUT2D eigenvalue weighted by molar-refractivity contribution is -0.117. The SMILES string of the molecule is COC(=O)OCc1cc(COC(=O)OC)cc(NC(=O)[C@@H](N)Cc2ccccc2)c1. The topological polar surface area (TPSA) is 126 Å². The molecule has 2 aromatic rings. The van der Waals surface area contributed by atoms with E-state index in [1.54, 1.807) is 18.2 Å². The number of methoxy groups -OCH3 is 2. The van der Waals surface area contributed by atoms with E-state index in [1.165, 1.54) is 14.2 Å². The van der Waals surface area contributed by atoms with Gasteiger partial charge in [0.1, 0.15) is 13.2 Å². The van der Waals surface area contributed by atoms with E-state index in [4.69, 9.17) is 15.2 Å². The smallest absolute Gasteiger partial charge is 0.438 e. The molecule has 0 aromatic heterocycles. The maximum Gasteiger partial charge on any atom is 0.508 e. The first kappa shape index (κ1) is 22.7. The Morgan fingerprint density at radius 3 is 1.90 bits per heavy atom. The second-order valence-corrected chi connectivity index (χ2v) is 6.31. The number of rotatable bonds is 8. The van der Waals surface area contributed by atoms with Crippen molar-refractivity contribution in [1.82, 2.24) is 0 Å². The van der Waals surface area contributed by atoms with Crippen LogP contribution >= 0.6 is 0 Å². The van der Waals surface area contributed by atoms with Crippen LogP contribution in [0.4, 0.5) is 15.3 Å². The van der Waals surface area contributed by atoms with E-state index in [2.05, 4.69) is 14.8 Å². The molecule has 0 fully saturated rings. The van der Waals surface area contributed by atoms with Gasteiger partial charge in [-0.3, -0.25) is 4.79 Å². The normalized spacial score (nSPS) is 11.2. The molecule has 0 bridgehead atoms. The molecule has 160 valence electrons. The zero-order valence-electron chi connectivity index (χ0n) is 16.8. The Hall–Kier alpha value is -3.59. The first-order valence-corrected chi connectivity index (χ1v) is 9.06. The van der Waals surface area contributed by atoms with Crippen molar-refractivity contribution in [2.45, 2.75) is 25.7 Å². The van der Waals surface area contributed by atoms with Crippen LogP contribution in [0.25, 0.3) is 0 Å². The van der Waals surface area contributed by atoms with Crippen molar-refractivity contribution in [3.63, 3.8) is 0 Å². The van der Waals surface area contributed by atoms with Crippen molar-refractivity contribution in [3.05, 3.63) is 65.2 Å². The van der Waals surface area contributed by atoms with Crippen molar-refractivity contribution in [2.24, 2.45) is 5.73 Å². The summed E-state index contributed by atoms with van der Waals surface area (Å²) in [4.78, 5) is 35.0. The zero-order valence-corrected chi connectivity index (χ0v) is 16.8. The molecule has 0 aliphatic heterocycles. The summed E-state index contributed by atoms with van der Waals surface area (Å²) in [7, 11) is 2.39. The molecule has 9 nitrogen and oxygen atoms in total. The second-order valence-electron chi connectivity index (χ2n) is 6.31. The lowest BCUT2D eigenvalue weighted by Gasteiger charge is -2.15. The van der Waals surface area contributed by atoms with Gasteiger partial charge in [0.15, 0.2) is 0 Å². The number of hydrogen-bond donors (Lipinski definition) is 2. The van der Waals surface area contributed by atoms with Gasteiger partial charge in [0.05, 0.1) is 20.3 Å². The zero-order chi connectivity index (χ0) is 21.9. The van der Waals surface area contributed by atoms with Gasteiger partial charge in [-0.2, -0.15) is 0 Å². The van der Waals surface area contributed by atoms with Crippen LogP contribution in [0.1, 0.15) is 16.7 Å². The number of carbonyl (C=O) groups is 3. The molecule has 0 aliphatic carbocycles. The van der Waals surface area contributed by atoms with Crippen molar-refractivity contribution >= 4 is 23.9 Å². The molecule has 1 amide bonds. The quantitative estimate of drug-likeness (QED) is 0.629. The van der Waals surface area contributed by atoms with E-state index in [1.807, 2.05) is 30.3 Å². The molecule has 0 aliphatic rings. The van der Waals surface area contributed by atoms with E-state index < -0.39 is 18.4 Å². The van der Waals surface area contributed by atoms with E-state index in [0.717, 1.165) is 5.56 Å². The Morgan fingerprint density at radius 1 is 0.867 bits per heavy atom. The second kappa shape index (κ2) is 11.4. The minimum Gasteiger partial charge on any atom is -0.438 e.